The van der Waals surface area contributed by atoms with Crippen molar-refractivity contribution in [3.63, 3.8) is 0 Å². The lowest BCUT2D eigenvalue weighted by Gasteiger charge is -2.37. The highest BCUT2D eigenvalue weighted by molar-refractivity contribution is 7.98. The smallest absolute Gasteiger partial charge is 0.256 e. The molecule has 7 nitrogen and oxygen atoms in total. The summed E-state index contributed by atoms with van der Waals surface area (Å²) in [7, 11) is 1.54. The van der Waals surface area contributed by atoms with E-state index < -0.39 is 6.04 Å². The minimum atomic E-state index is -0.621. The van der Waals surface area contributed by atoms with Gasteiger partial charge in [-0.1, -0.05) is 12.1 Å². The average molecular weight is 426 g/mol. The quantitative estimate of drug-likeness (QED) is 0.736. The molecule has 2 aromatic rings. The van der Waals surface area contributed by atoms with Crippen LogP contribution in [0, 0.1) is 0 Å². The second-order valence-electron chi connectivity index (χ2n) is 7.31. The molecule has 156 valence electrons. The topological polar surface area (TPSA) is 87.7 Å². The monoisotopic (exact) mass is 425 g/mol. The summed E-state index contributed by atoms with van der Waals surface area (Å²) in [5.74, 6) is -0.126. The van der Waals surface area contributed by atoms with Crippen molar-refractivity contribution in [3.05, 3.63) is 53.6 Å². The van der Waals surface area contributed by atoms with E-state index in [0.717, 1.165) is 4.90 Å². The summed E-state index contributed by atoms with van der Waals surface area (Å²) in [4.78, 5) is 41.2. The number of thioether (sulfide) groups is 1. The van der Waals surface area contributed by atoms with Crippen molar-refractivity contribution < 1.29 is 19.1 Å². The molecular weight excluding hydrogens is 402 g/mol. The number of nitrogens with zero attached hydrogens (tertiary/aromatic N) is 1. The van der Waals surface area contributed by atoms with Crippen LogP contribution >= 0.6 is 11.8 Å². The van der Waals surface area contributed by atoms with Gasteiger partial charge in [-0.3, -0.25) is 14.4 Å². The fourth-order valence-electron chi connectivity index (χ4n) is 3.99. The van der Waals surface area contributed by atoms with Crippen LogP contribution in [0.4, 0.5) is 5.69 Å². The molecule has 1 saturated heterocycles. The molecule has 0 spiro atoms. The Morgan fingerprint density at radius 2 is 2.03 bits per heavy atom. The number of nitrogens with one attached hydrogen (secondary N) is 2. The summed E-state index contributed by atoms with van der Waals surface area (Å²) >= 11 is 1.57. The molecule has 0 aromatic heterocycles. The van der Waals surface area contributed by atoms with Crippen molar-refractivity contribution in [3.8, 4) is 5.75 Å². The first-order valence-corrected chi connectivity index (χ1v) is 11.0. The predicted octanol–water partition coefficient (Wildman–Crippen LogP) is 2.77. The molecule has 2 aliphatic rings. The molecule has 0 radical (unpaired) electrons. The molecule has 2 N–H and O–H groups in total. The van der Waals surface area contributed by atoms with Crippen molar-refractivity contribution in [2.45, 2.75) is 29.8 Å². The predicted molar refractivity (Wildman–Crippen MR) is 115 cm³/mol. The van der Waals surface area contributed by atoms with E-state index in [1.54, 1.807) is 47.0 Å². The Kier molecular flexibility index (Phi) is 5.67. The number of carbonyl (C=O) groups excluding carboxylic acids is 3. The van der Waals surface area contributed by atoms with E-state index in [9.17, 15) is 14.4 Å². The SMILES string of the molecule is COc1cc(SC)ccc1C(=O)NC1CCN2C(=O)c3ccccc3NC(=O)C2C1. The largest absolute Gasteiger partial charge is 0.496 e. The van der Waals surface area contributed by atoms with Crippen LogP contribution in [-0.4, -0.2) is 54.6 Å². The maximum Gasteiger partial charge on any atom is 0.256 e. The molecular formula is C22H23N3O4S. The molecule has 0 saturated carbocycles. The first kappa shape index (κ1) is 20.3. The minimum absolute atomic E-state index is 0.159. The minimum Gasteiger partial charge on any atom is -0.496 e. The van der Waals surface area contributed by atoms with Gasteiger partial charge in [0.2, 0.25) is 5.91 Å². The van der Waals surface area contributed by atoms with E-state index in [0.29, 0.717) is 42.0 Å². The molecule has 1 fully saturated rings. The van der Waals surface area contributed by atoms with Crippen LogP contribution in [0.2, 0.25) is 0 Å². The normalized spacial score (nSPS) is 20.5. The fraction of sp³-hybridized carbons (Fsp3) is 0.318. The second-order valence-corrected chi connectivity index (χ2v) is 8.19. The van der Waals surface area contributed by atoms with Crippen LogP contribution in [0.25, 0.3) is 0 Å². The first-order valence-electron chi connectivity index (χ1n) is 9.75. The average Bonchev–Trinajstić information content (AvgIpc) is 2.87. The third-order valence-corrected chi connectivity index (χ3v) is 6.30. The number of rotatable bonds is 4. The Hall–Kier alpha value is -3.00. The maximum atomic E-state index is 12.9. The molecule has 4 rings (SSSR count). The lowest BCUT2D eigenvalue weighted by atomic mass is 9.95. The Morgan fingerprint density at radius 1 is 1.23 bits per heavy atom. The van der Waals surface area contributed by atoms with Crippen LogP contribution in [0.1, 0.15) is 33.6 Å². The van der Waals surface area contributed by atoms with Crippen molar-refractivity contribution >= 4 is 35.2 Å². The lowest BCUT2D eigenvalue weighted by molar-refractivity contribution is -0.121. The van der Waals surface area contributed by atoms with Gasteiger partial charge in [-0.25, -0.2) is 0 Å². The van der Waals surface area contributed by atoms with Crippen molar-refractivity contribution in [1.82, 2.24) is 10.2 Å². The van der Waals surface area contributed by atoms with Gasteiger partial charge >= 0.3 is 0 Å². The van der Waals surface area contributed by atoms with E-state index in [2.05, 4.69) is 10.6 Å². The number of para-hydroxylation sites is 1. The number of benzene rings is 2. The number of methoxy groups -OCH3 is 1. The second kappa shape index (κ2) is 8.39. The molecule has 2 atom stereocenters. The summed E-state index contributed by atoms with van der Waals surface area (Å²) in [6, 6.07) is 11.6. The number of piperidine rings is 1. The van der Waals surface area contributed by atoms with Gasteiger partial charge in [-0.2, -0.15) is 0 Å². The standard InChI is InChI=1S/C22H23N3O4S/c1-29-19-12-14(30-2)7-8-16(19)20(26)23-13-9-10-25-18(11-13)21(27)24-17-6-4-3-5-15(17)22(25)28/h3-8,12-13,18H,9-11H2,1-2H3,(H,23,26)(H,24,27). The molecule has 0 aliphatic carbocycles. The highest BCUT2D eigenvalue weighted by Crippen LogP contribution is 2.29. The van der Waals surface area contributed by atoms with Gasteiger partial charge in [-0.15, -0.1) is 11.8 Å². The van der Waals surface area contributed by atoms with Gasteiger partial charge in [0.25, 0.3) is 11.8 Å². The zero-order valence-corrected chi connectivity index (χ0v) is 17.6. The van der Waals surface area contributed by atoms with Crippen LogP contribution < -0.4 is 15.4 Å². The molecule has 3 amide bonds. The number of fused-ring (bicyclic) bond motifs is 2. The molecule has 0 bridgehead atoms. The van der Waals surface area contributed by atoms with Gasteiger partial charge in [-0.05, 0) is 49.4 Å². The number of hydrogen-bond acceptors (Lipinski definition) is 5. The van der Waals surface area contributed by atoms with Gasteiger partial charge in [0.15, 0.2) is 0 Å². The molecule has 30 heavy (non-hydrogen) atoms. The third kappa shape index (κ3) is 3.75. The number of carbonyl (C=O) groups is 3. The van der Waals surface area contributed by atoms with Gasteiger partial charge in [0, 0.05) is 17.5 Å². The Labute approximate surface area is 179 Å². The maximum absolute atomic E-state index is 12.9. The number of hydrogen-bond donors (Lipinski definition) is 2. The summed E-state index contributed by atoms with van der Waals surface area (Å²) in [6.07, 6.45) is 2.90. The number of ether oxygens (including phenoxy) is 1. The Balaban J connectivity index is 1.50. The molecule has 2 heterocycles. The van der Waals surface area contributed by atoms with E-state index in [1.165, 1.54) is 7.11 Å². The van der Waals surface area contributed by atoms with E-state index >= 15 is 0 Å². The number of anilines is 1. The van der Waals surface area contributed by atoms with Crippen LogP contribution in [0.15, 0.2) is 47.4 Å². The van der Waals surface area contributed by atoms with E-state index in [1.807, 2.05) is 18.4 Å². The van der Waals surface area contributed by atoms with Crippen LogP contribution in [-0.2, 0) is 4.79 Å². The summed E-state index contributed by atoms with van der Waals surface area (Å²) in [5.41, 5.74) is 1.47. The van der Waals surface area contributed by atoms with Crippen molar-refractivity contribution in [2.75, 3.05) is 25.2 Å². The van der Waals surface area contributed by atoms with Crippen molar-refractivity contribution in [1.29, 1.82) is 0 Å². The lowest BCUT2D eigenvalue weighted by Crippen LogP contribution is -2.55. The first-order chi connectivity index (χ1) is 14.5. The van der Waals surface area contributed by atoms with Gasteiger partial charge < -0.3 is 20.3 Å². The molecule has 2 aliphatic heterocycles. The Bertz CT molecular complexity index is 1010. The van der Waals surface area contributed by atoms with E-state index in [4.69, 9.17) is 4.74 Å². The Morgan fingerprint density at radius 3 is 2.80 bits per heavy atom. The summed E-state index contributed by atoms with van der Waals surface area (Å²) in [5, 5.41) is 5.87. The summed E-state index contributed by atoms with van der Waals surface area (Å²) in [6.45, 7) is 0.402. The molecule has 8 heteroatoms. The van der Waals surface area contributed by atoms with Crippen LogP contribution in [0.5, 0.6) is 5.75 Å². The third-order valence-electron chi connectivity index (χ3n) is 5.57. The fourth-order valence-corrected chi connectivity index (χ4v) is 4.42. The van der Waals surface area contributed by atoms with Gasteiger partial charge in [0.05, 0.1) is 23.9 Å². The summed E-state index contributed by atoms with van der Waals surface area (Å²) < 4.78 is 5.38. The highest BCUT2D eigenvalue weighted by atomic mass is 32.2. The number of amides is 3. The molecule has 2 aromatic carbocycles. The van der Waals surface area contributed by atoms with Crippen LogP contribution in [0.3, 0.4) is 0 Å². The molecule has 2 unspecified atom stereocenters. The van der Waals surface area contributed by atoms with Gasteiger partial charge in [0.1, 0.15) is 11.8 Å². The zero-order valence-electron chi connectivity index (χ0n) is 16.8. The van der Waals surface area contributed by atoms with Crippen molar-refractivity contribution in [2.24, 2.45) is 0 Å². The highest BCUT2D eigenvalue weighted by Gasteiger charge is 2.40. The zero-order chi connectivity index (χ0) is 21.3. The van der Waals surface area contributed by atoms with E-state index in [-0.39, 0.29) is 23.8 Å².